The van der Waals surface area contributed by atoms with Crippen molar-refractivity contribution in [2.45, 2.75) is 31.7 Å². The predicted molar refractivity (Wildman–Crippen MR) is 109 cm³/mol. The molecule has 1 fully saturated rings. The molecule has 5 nitrogen and oxygen atoms in total. The maximum atomic E-state index is 10.8. The molecule has 0 radical (unpaired) electrons. The van der Waals surface area contributed by atoms with Gasteiger partial charge in [-0.1, -0.05) is 42.5 Å². The van der Waals surface area contributed by atoms with Gasteiger partial charge in [-0.25, -0.2) is 4.68 Å². The topological polar surface area (TPSA) is 44.5 Å². The summed E-state index contributed by atoms with van der Waals surface area (Å²) in [6, 6.07) is 21.2. The van der Waals surface area contributed by atoms with Crippen molar-refractivity contribution in [2.75, 3.05) is 19.6 Å². The summed E-state index contributed by atoms with van der Waals surface area (Å²) in [6.07, 6.45) is 2.62. The van der Waals surface area contributed by atoms with Crippen LogP contribution in [0, 0.1) is 0 Å². The summed E-state index contributed by atoms with van der Waals surface area (Å²) in [5, 5.41) is 15.3. The Morgan fingerprint density at radius 3 is 2.57 bits per heavy atom. The fourth-order valence-electron chi connectivity index (χ4n) is 4.62. The molecule has 5 heteroatoms. The highest BCUT2D eigenvalue weighted by atomic mass is 16.3. The van der Waals surface area contributed by atoms with Crippen molar-refractivity contribution in [1.82, 2.24) is 19.6 Å². The van der Waals surface area contributed by atoms with E-state index in [2.05, 4.69) is 57.4 Å². The largest absolute Gasteiger partial charge is 0.390 e. The molecule has 5 rings (SSSR count). The fraction of sp³-hybridized carbons (Fsp3) is 0.348. The SMILES string of the molecule is O[C@H]1CN(Cc2ccnn2-c2ccccc2)C[C@@H]1N1CCc2ccccc2C1. The van der Waals surface area contributed by atoms with Gasteiger partial charge in [0.25, 0.3) is 0 Å². The highest BCUT2D eigenvalue weighted by Gasteiger charge is 2.36. The van der Waals surface area contributed by atoms with Crippen LogP contribution < -0.4 is 0 Å². The van der Waals surface area contributed by atoms with Crippen LogP contribution in [0.4, 0.5) is 0 Å². The van der Waals surface area contributed by atoms with E-state index in [0.717, 1.165) is 44.0 Å². The van der Waals surface area contributed by atoms with Crippen molar-refractivity contribution >= 4 is 0 Å². The number of hydrogen-bond acceptors (Lipinski definition) is 4. The van der Waals surface area contributed by atoms with Crippen molar-refractivity contribution in [2.24, 2.45) is 0 Å². The second-order valence-corrected chi connectivity index (χ2v) is 7.89. The van der Waals surface area contributed by atoms with Crippen molar-refractivity contribution in [1.29, 1.82) is 0 Å². The third kappa shape index (κ3) is 3.37. The number of hydrogen-bond donors (Lipinski definition) is 1. The van der Waals surface area contributed by atoms with Crippen LogP contribution in [-0.4, -0.2) is 56.5 Å². The van der Waals surface area contributed by atoms with Gasteiger partial charge in [0.2, 0.25) is 0 Å². The molecule has 3 heterocycles. The summed E-state index contributed by atoms with van der Waals surface area (Å²) in [4.78, 5) is 4.81. The highest BCUT2D eigenvalue weighted by Crippen LogP contribution is 2.26. The number of aliphatic hydroxyl groups excluding tert-OH is 1. The molecule has 1 aromatic heterocycles. The molecular formula is C23H26N4O. The number of β-amino-alcohol motifs (C(OH)–C–C–N with tert-alkyl or cyclic N) is 1. The Morgan fingerprint density at radius 1 is 0.929 bits per heavy atom. The van der Waals surface area contributed by atoms with Gasteiger partial charge in [-0.15, -0.1) is 0 Å². The Morgan fingerprint density at radius 2 is 1.71 bits per heavy atom. The molecule has 0 spiro atoms. The third-order valence-corrected chi connectivity index (χ3v) is 6.07. The van der Waals surface area contributed by atoms with Gasteiger partial charge in [-0.2, -0.15) is 5.10 Å². The smallest absolute Gasteiger partial charge is 0.0834 e. The van der Waals surface area contributed by atoms with Crippen LogP contribution in [-0.2, 0) is 19.5 Å². The van der Waals surface area contributed by atoms with Gasteiger partial charge in [0.05, 0.1) is 17.5 Å². The number of aliphatic hydroxyl groups is 1. The van der Waals surface area contributed by atoms with Crippen molar-refractivity contribution in [3.63, 3.8) is 0 Å². The van der Waals surface area contributed by atoms with E-state index in [1.807, 2.05) is 29.1 Å². The number of nitrogens with zero attached hydrogens (tertiary/aromatic N) is 4. The quantitative estimate of drug-likeness (QED) is 0.762. The zero-order valence-corrected chi connectivity index (χ0v) is 16.0. The number of para-hydroxylation sites is 1. The van der Waals surface area contributed by atoms with Gasteiger partial charge >= 0.3 is 0 Å². The average molecular weight is 374 g/mol. The zero-order chi connectivity index (χ0) is 18.9. The summed E-state index contributed by atoms with van der Waals surface area (Å²) >= 11 is 0. The molecule has 2 atom stereocenters. The minimum atomic E-state index is -0.307. The molecule has 3 aromatic rings. The van der Waals surface area contributed by atoms with E-state index in [1.165, 1.54) is 11.1 Å². The van der Waals surface area contributed by atoms with Crippen LogP contribution in [0.5, 0.6) is 0 Å². The number of rotatable bonds is 4. The molecule has 2 aliphatic heterocycles. The first kappa shape index (κ1) is 17.6. The normalized spacial score (nSPS) is 23.0. The monoisotopic (exact) mass is 374 g/mol. The first-order valence-corrected chi connectivity index (χ1v) is 10.1. The summed E-state index contributed by atoms with van der Waals surface area (Å²) < 4.78 is 2.00. The van der Waals surface area contributed by atoms with Crippen molar-refractivity contribution in [3.05, 3.63) is 83.7 Å². The fourth-order valence-corrected chi connectivity index (χ4v) is 4.62. The number of likely N-dealkylation sites (tertiary alicyclic amines) is 1. The first-order valence-electron chi connectivity index (χ1n) is 10.1. The van der Waals surface area contributed by atoms with Gasteiger partial charge in [0.1, 0.15) is 0 Å². The summed E-state index contributed by atoms with van der Waals surface area (Å²) in [6.45, 7) is 4.36. The Labute approximate surface area is 165 Å². The van der Waals surface area contributed by atoms with E-state index in [0.29, 0.717) is 6.54 Å². The van der Waals surface area contributed by atoms with Gasteiger partial charge < -0.3 is 5.11 Å². The van der Waals surface area contributed by atoms with Crippen molar-refractivity contribution < 1.29 is 5.11 Å². The molecule has 0 amide bonds. The van der Waals surface area contributed by atoms with E-state index >= 15 is 0 Å². The number of fused-ring (bicyclic) bond motifs is 1. The van der Waals surface area contributed by atoms with E-state index < -0.39 is 0 Å². The Balaban J connectivity index is 1.28. The van der Waals surface area contributed by atoms with E-state index in [4.69, 9.17) is 0 Å². The van der Waals surface area contributed by atoms with Gasteiger partial charge in [0, 0.05) is 45.0 Å². The number of benzene rings is 2. The Bertz CT molecular complexity index is 939. The molecule has 0 unspecified atom stereocenters. The van der Waals surface area contributed by atoms with Crippen LogP contribution in [0.3, 0.4) is 0 Å². The molecule has 144 valence electrons. The molecule has 0 aliphatic carbocycles. The molecule has 1 saturated heterocycles. The minimum Gasteiger partial charge on any atom is -0.390 e. The third-order valence-electron chi connectivity index (χ3n) is 6.07. The second kappa shape index (κ2) is 7.51. The summed E-state index contributed by atoms with van der Waals surface area (Å²) in [7, 11) is 0. The molecule has 1 N–H and O–H groups in total. The van der Waals surface area contributed by atoms with Crippen LogP contribution >= 0.6 is 0 Å². The van der Waals surface area contributed by atoms with Gasteiger partial charge in [-0.3, -0.25) is 9.80 Å². The predicted octanol–water partition coefficient (Wildman–Crippen LogP) is 2.48. The van der Waals surface area contributed by atoms with Crippen LogP contribution in [0.1, 0.15) is 16.8 Å². The van der Waals surface area contributed by atoms with Gasteiger partial charge in [0.15, 0.2) is 0 Å². The lowest BCUT2D eigenvalue weighted by atomic mass is 9.98. The van der Waals surface area contributed by atoms with Crippen LogP contribution in [0.15, 0.2) is 66.9 Å². The molecule has 28 heavy (non-hydrogen) atoms. The first-order chi connectivity index (χ1) is 13.8. The lowest BCUT2D eigenvalue weighted by Gasteiger charge is -2.34. The molecule has 0 bridgehead atoms. The lowest BCUT2D eigenvalue weighted by molar-refractivity contribution is 0.0746. The van der Waals surface area contributed by atoms with E-state index in [9.17, 15) is 5.11 Å². The molecular weight excluding hydrogens is 348 g/mol. The lowest BCUT2D eigenvalue weighted by Crippen LogP contribution is -2.45. The Hall–Kier alpha value is -2.47. The van der Waals surface area contributed by atoms with Crippen LogP contribution in [0.25, 0.3) is 5.69 Å². The Kier molecular flexibility index (Phi) is 4.72. The maximum Gasteiger partial charge on any atom is 0.0834 e. The molecule has 0 saturated carbocycles. The average Bonchev–Trinajstić information content (AvgIpc) is 3.35. The van der Waals surface area contributed by atoms with Gasteiger partial charge in [-0.05, 0) is 35.7 Å². The number of aromatic nitrogens is 2. The highest BCUT2D eigenvalue weighted by molar-refractivity contribution is 5.32. The standard InChI is InChI=1S/C23H26N4O/c28-23-17-25(15-21-10-12-24-27(21)20-8-2-1-3-9-20)16-22(23)26-13-11-18-6-4-5-7-19(18)14-26/h1-10,12,22-23,28H,11,13-17H2/t22-,23-/m0/s1. The summed E-state index contributed by atoms with van der Waals surface area (Å²) in [5.41, 5.74) is 5.09. The second-order valence-electron chi connectivity index (χ2n) is 7.89. The van der Waals surface area contributed by atoms with E-state index in [-0.39, 0.29) is 12.1 Å². The minimum absolute atomic E-state index is 0.196. The van der Waals surface area contributed by atoms with E-state index in [1.54, 1.807) is 0 Å². The van der Waals surface area contributed by atoms with Crippen molar-refractivity contribution in [3.8, 4) is 5.69 Å². The zero-order valence-electron chi connectivity index (χ0n) is 16.0. The summed E-state index contributed by atoms with van der Waals surface area (Å²) in [5.74, 6) is 0. The molecule has 2 aromatic carbocycles. The maximum absolute atomic E-state index is 10.8. The molecule has 2 aliphatic rings. The van der Waals surface area contributed by atoms with Crippen LogP contribution in [0.2, 0.25) is 0 Å².